The molecule has 170 valence electrons. The van der Waals surface area contributed by atoms with Crippen LogP contribution >= 0.6 is 11.3 Å². The number of nitrogens with zero attached hydrogens (tertiary/aromatic N) is 4. The normalized spacial score (nSPS) is 16.7. The minimum absolute atomic E-state index is 0.759. The van der Waals surface area contributed by atoms with E-state index in [1.54, 1.807) is 6.33 Å². The van der Waals surface area contributed by atoms with Gasteiger partial charge in [0, 0.05) is 24.2 Å². The Hall–Kier alpha value is -2.53. The first-order chi connectivity index (χ1) is 16.3. The summed E-state index contributed by atoms with van der Waals surface area (Å²) in [7, 11) is 0. The van der Waals surface area contributed by atoms with Crippen LogP contribution < -0.4 is 4.90 Å². The maximum Gasteiger partial charge on any atom is 0.150 e. The molecule has 0 atom stereocenters. The SMILES string of the molecule is CCCCc1nc2sc3c(N4CCC(Cc5ccccc5)CC4)ncnc3c2c2c1CCC2. The molecule has 2 aliphatic rings. The molecule has 1 aromatic carbocycles. The molecule has 1 aliphatic heterocycles. The van der Waals surface area contributed by atoms with E-state index in [2.05, 4.69) is 42.2 Å². The molecule has 0 bridgehead atoms. The highest BCUT2D eigenvalue weighted by Crippen LogP contribution is 2.42. The lowest BCUT2D eigenvalue weighted by Crippen LogP contribution is -2.34. The Balaban J connectivity index is 1.31. The number of rotatable bonds is 6. The number of anilines is 1. The van der Waals surface area contributed by atoms with Gasteiger partial charge in [-0.2, -0.15) is 0 Å². The van der Waals surface area contributed by atoms with Crippen molar-refractivity contribution < 1.29 is 0 Å². The van der Waals surface area contributed by atoms with Crippen LogP contribution in [0.15, 0.2) is 36.7 Å². The molecule has 0 amide bonds. The van der Waals surface area contributed by atoms with Crippen LogP contribution in [0.5, 0.6) is 0 Å². The number of aryl methyl sites for hydroxylation is 2. The molecule has 5 heteroatoms. The zero-order valence-corrected chi connectivity index (χ0v) is 20.3. The number of fused-ring (bicyclic) bond motifs is 5. The number of hydrogen-bond acceptors (Lipinski definition) is 5. The molecule has 0 saturated carbocycles. The fraction of sp³-hybridized carbons (Fsp3) is 0.464. The predicted octanol–water partition coefficient (Wildman–Crippen LogP) is 6.53. The Kier molecular flexibility index (Phi) is 5.75. The van der Waals surface area contributed by atoms with Crippen molar-refractivity contribution in [1.82, 2.24) is 15.0 Å². The van der Waals surface area contributed by atoms with Crippen molar-refractivity contribution in [3.63, 3.8) is 0 Å². The van der Waals surface area contributed by atoms with Crippen LogP contribution in [0.4, 0.5) is 5.82 Å². The molecule has 1 saturated heterocycles. The second-order valence-electron chi connectivity index (χ2n) is 9.75. The Labute approximate surface area is 200 Å². The fourth-order valence-electron chi connectivity index (χ4n) is 5.84. The molecule has 1 aliphatic carbocycles. The van der Waals surface area contributed by atoms with Gasteiger partial charge in [-0.15, -0.1) is 11.3 Å². The molecular weight excluding hydrogens is 424 g/mol. The smallest absolute Gasteiger partial charge is 0.150 e. The third-order valence-electron chi connectivity index (χ3n) is 7.59. The second-order valence-corrected chi connectivity index (χ2v) is 10.7. The molecule has 6 rings (SSSR count). The quantitative estimate of drug-likeness (QED) is 0.331. The van der Waals surface area contributed by atoms with E-state index < -0.39 is 0 Å². The van der Waals surface area contributed by atoms with Gasteiger partial charge in [0.15, 0.2) is 0 Å². The Morgan fingerprint density at radius 1 is 1.03 bits per heavy atom. The molecule has 0 spiro atoms. The summed E-state index contributed by atoms with van der Waals surface area (Å²) in [6.45, 7) is 4.42. The molecule has 0 unspecified atom stereocenters. The van der Waals surface area contributed by atoms with Crippen LogP contribution in [0.3, 0.4) is 0 Å². The monoisotopic (exact) mass is 456 g/mol. The highest BCUT2D eigenvalue weighted by Gasteiger charge is 2.27. The van der Waals surface area contributed by atoms with Crippen molar-refractivity contribution in [2.24, 2.45) is 5.92 Å². The minimum atomic E-state index is 0.759. The van der Waals surface area contributed by atoms with Gasteiger partial charge in [-0.25, -0.2) is 15.0 Å². The molecule has 0 N–H and O–H groups in total. The number of unbranched alkanes of at least 4 members (excludes halogenated alkanes) is 1. The lowest BCUT2D eigenvalue weighted by atomic mass is 9.90. The molecule has 3 aromatic heterocycles. The van der Waals surface area contributed by atoms with Gasteiger partial charge in [-0.05, 0) is 74.0 Å². The average Bonchev–Trinajstić information content (AvgIpc) is 3.48. The van der Waals surface area contributed by atoms with Crippen LogP contribution in [0, 0.1) is 5.92 Å². The van der Waals surface area contributed by atoms with Crippen molar-refractivity contribution in [2.45, 2.75) is 64.7 Å². The van der Waals surface area contributed by atoms with E-state index in [1.165, 1.54) is 88.7 Å². The van der Waals surface area contributed by atoms with E-state index in [0.717, 1.165) is 36.8 Å². The van der Waals surface area contributed by atoms with E-state index in [4.69, 9.17) is 15.0 Å². The molecule has 4 heterocycles. The van der Waals surface area contributed by atoms with Gasteiger partial charge in [0.25, 0.3) is 0 Å². The molecule has 33 heavy (non-hydrogen) atoms. The molecular formula is C28H32N4S. The first-order valence-corrected chi connectivity index (χ1v) is 13.5. The van der Waals surface area contributed by atoms with Gasteiger partial charge in [0.05, 0.1) is 10.2 Å². The summed E-state index contributed by atoms with van der Waals surface area (Å²) in [4.78, 5) is 18.5. The van der Waals surface area contributed by atoms with Crippen molar-refractivity contribution in [1.29, 1.82) is 0 Å². The highest BCUT2D eigenvalue weighted by atomic mass is 32.1. The summed E-state index contributed by atoms with van der Waals surface area (Å²) < 4.78 is 1.24. The van der Waals surface area contributed by atoms with Crippen molar-refractivity contribution >= 4 is 37.6 Å². The predicted molar refractivity (Wildman–Crippen MR) is 138 cm³/mol. The van der Waals surface area contributed by atoms with Crippen LogP contribution in [-0.2, 0) is 25.7 Å². The molecule has 4 nitrogen and oxygen atoms in total. The van der Waals surface area contributed by atoms with Gasteiger partial charge in [0.1, 0.15) is 17.0 Å². The van der Waals surface area contributed by atoms with Crippen LogP contribution in [0.25, 0.3) is 20.4 Å². The van der Waals surface area contributed by atoms with E-state index in [1.807, 2.05) is 11.3 Å². The van der Waals surface area contributed by atoms with Gasteiger partial charge in [-0.3, -0.25) is 0 Å². The van der Waals surface area contributed by atoms with Crippen molar-refractivity contribution in [2.75, 3.05) is 18.0 Å². The number of pyridine rings is 1. The summed E-state index contributed by atoms with van der Waals surface area (Å²) in [5.41, 5.74) is 7.00. The fourth-order valence-corrected chi connectivity index (χ4v) is 7.03. The third-order valence-corrected chi connectivity index (χ3v) is 8.66. The number of hydrogen-bond donors (Lipinski definition) is 0. The minimum Gasteiger partial charge on any atom is -0.355 e. The molecule has 0 radical (unpaired) electrons. The van der Waals surface area contributed by atoms with Gasteiger partial charge in [-0.1, -0.05) is 43.7 Å². The molecule has 1 fully saturated rings. The Bertz CT molecular complexity index is 1270. The zero-order chi connectivity index (χ0) is 22.2. The summed E-state index contributed by atoms with van der Waals surface area (Å²) >= 11 is 1.82. The third kappa shape index (κ3) is 3.90. The van der Waals surface area contributed by atoms with Gasteiger partial charge in [0.2, 0.25) is 0 Å². The Morgan fingerprint density at radius 2 is 1.85 bits per heavy atom. The van der Waals surface area contributed by atoms with Crippen LogP contribution in [-0.4, -0.2) is 28.0 Å². The van der Waals surface area contributed by atoms with Gasteiger partial charge >= 0.3 is 0 Å². The summed E-state index contributed by atoms with van der Waals surface area (Å²) in [6, 6.07) is 10.9. The largest absolute Gasteiger partial charge is 0.355 e. The maximum atomic E-state index is 5.20. The van der Waals surface area contributed by atoms with E-state index in [0.29, 0.717) is 0 Å². The summed E-state index contributed by atoms with van der Waals surface area (Å²) in [6.07, 6.45) is 12.6. The van der Waals surface area contributed by atoms with Crippen molar-refractivity contribution in [3.8, 4) is 0 Å². The Morgan fingerprint density at radius 3 is 2.67 bits per heavy atom. The summed E-state index contributed by atoms with van der Waals surface area (Å²) in [5.74, 6) is 1.89. The van der Waals surface area contributed by atoms with Gasteiger partial charge < -0.3 is 4.90 Å². The van der Waals surface area contributed by atoms with E-state index in [9.17, 15) is 0 Å². The van der Waals surface area contributed by atoms with E-state index >= 15 is 0 Å². The topological polar surface area (TPSA) is 41.9 Å². The number of thiophene rings is 1. The number of benzene rings is 1. The van der Waals surface area contributed by atoms with Crippen LogP contribution in [0.2, 0.25) is 0 Å². The lowest BCUT2D eigenvalue weighted by Gasteiger charge is -2.33. The highest BCUT2D eigenvalue weighted by molar-refractivity contribution is 7.26. The van der Waals surface area contributed by atoms with E-state index in [-0.39, 0.29) is 0 Å². The number of aromatic nitrogens is 3. The summed E-state index contributed by atoms with van der Waals surface area (Å²) in [5, 5.41) is 1.32. The maximum absolute atomic E-state index is 5.20. The standard InChI is InChI=1S/C28H32N4S/c1-2-3-12-23-21-10-7-11-22(21)24-25-26(33-28(24)31-23)27(30-18-29-25)32-15-13-20(14-16-32)17-19-8-5-4-6-9-19/h4-6,8-9,18,20H,2-3,7,10-17H2,1H3. The number of piperidine rings is 1. The molecule has 4 aromatic rings. The zero-order valence-electron chi connectivity index (χ0n) is 19.5. The lowest BCUT2D eigenvalue weighted by molar-refractivity contribution is 0.403. The second kappa shape index (κ2) is 9.02. The van der Waals surface area contributed by atoms with Crippen molar-refractivity contribution in [3.05, 3.63) is 59.0 Å². The van der Waals surface area contributed by atoms with Crippen LogP contribution in [0.1, 0.15) is 61.4 Å². The average molecular weight is 457 g/mol. The first-order valence-electron chi connectivity index (χ1n) is 12.7. The first kappa shape index (κ1) is 21.0.